The summed E-state index contributed by atoms with van der Waals surface area (Å²) >= 11 is 12.0. The monoisotopic (exact) mass is 422 g/mol. The summed E-state index contributed by atoms with van der Waals surface area (Å²) in [6.07, 6.45) is 0.823. The van der Waals surface area contributed by atoms with Gasteiger partial charge in [-0.15, -0.1) is 0 Å². The first-order valence-corrected chi connectivity index (χ1v) is 9.87. The molecule has 150 valence electrons. The summed E-state index contributed by atoms with van der Waals surface area (Å²) < 4.78 is 5.57. The lowest BCUT2D eigenvalue weighted by molar-refractivity contribution is -0.142. The number of hydrogen-bond donors (Lipinski definition) is 1. The van der Waals surface area contributed by atoms with Gasteiger partial charge in [0.15, 0.2) is 6.61 Å². The van der Waals surface area contributed by atoms with Gasteiger partial charge in [-0.2, -0.15) is 0 Å². The maximum atomic E-state index is 12.9. The molecule has 0 bridgehead atoms. The molecule has 7 heteroatoms. The van der Waals surface area contributed by atoms with Crippen molar-refractivity contribution in [3.63, 3.8) is 0 Å². The minimum Gasteiger partial charge on any atom is -0.482 e. The average molecular weight is 423 g/mol. The van der Waals surface area contributed by atoms with Gasteiger partial charge >= 0.3 is 0 Å². The number of carbonyl (C=O) groups excluding carboxylic acids is 2. The maximum absolute atomic E-state index is 12.9. The van der Waals surface area contributed by atoms with Crippen LogP contribution in [0.2, 0.25) is 10.0 Å². The number of amides is 2. The Hall–Kier alpha value is -2.24. The van der Waals surface area contributed by atoms with E-state index in [-0.39, 0.29) is 18.4 Å². The van der Waals surface area contributed by atoms with Crippen LogP contribution in [0.5, 0.6) is 5.75 Å². The molecule has 0 radical (unpaired) electrons. The van der Waals surface area contributed by atoms with Gasteiger partial charge in [-0.05, 0) is 37.1 Å². The van der Waals surface area contributed by atoms with Crippen molar-refractivity contribution in [2.45, 2.75) is 32.9 Å². The van der Waals surface area contributed by atoms with Gasteiger partial charge in [0.05, 0.1) is 5.02 Å². The Morgan fingerprint density at radius 3 is 2.50 bits per heavy atom. The molecule has 2 amide bonds. The predicted octanol–water partition coefficient (Wildman–Crippen LogP) is 4.32. The van der Waals surface area contributed by atoms with E-state index in [4.69, 9.17) is 27.9 Å². The molecule has 0 aliphatic carbocycles. The Morgan fingerprint density at radius 2 is 1.86 bits per heavy atom. The molecule has 0 aromatic heterocycles. The number of carbonyl (C=O) groups is 2. The van der Waals surface area contributed by atoms with Crippen LogP contribution in [0.25, 0.3) is 0 Å². The highest BCUT2D eigenvalue weighted by atomic mass is 35.5. The molecule has 0 saturated heterocycles. The predicted molar refractivity (Wildman–Crippen MR) is 112 cm³/mol. The third kappa shape index (κ3) is 6.43. The SMILES string of the molecule is CCCNC(=O)C(C)N(Cc1ccccc1)C(=O)COc1ccc(Cl)cc1Cl. The van der Waals surface area contributed by atoms with E-state index in [2.05, 4.69) is 5.32 Å². The second-order valence-corrected chi connectivity index (χ2v) is 7.18. The fraction of sp³-hybridized carbons (Fsp3) is 0.333. The normalized spacial score (nSPS) is 11.6. The zero-order chi connectivity index (χ0) is 20.5. The molecule has 1 atom stereocenters. The number of nitrogens with one attached hydrogen (secondary N) is 1. The van der Waals surface area contributed by atoms with Gasteiger partial charge < -0.3 is 15.0 Å². The Morgan fingerprint density at radius 1 is 1.14 bits per heavy atom. The molecule has 1 N–H and O–H groups in total. The van der Waals surface area contributed by atoms with Crippen molar-refractivity contribution in [2.75, 3.05) is 13.2 Å². The van der Waals surface area contributed by atoms with E-state index in [9.17, 15) is 9.59 Å². The van der Waals surface area contributed by atoms with Crippen molar-refractivity contribution < 1.29 is 14.3 Å². The highest BCUT2D eigenvalue weighted by molar-refractivity contribution is 6.35. The molecule has 0 aliphatic rings. The zero-order valence-electron chi connectivity index (χ0n) is 16.0. The molecule has 0 fully saturated rings. The smallest absolute Gasteiger partial charge is 0.261 e. The minimum absolute atomic E-state index is 0.198. The quantitative estimate of drug-likeness (QED) is 0.654. The Labute approximate surface area is 175 Å². The number of halogens is 2. The van der Waals surface area contributed by atoms with Crippen LogP contribution >= 0.6 is 23.2 Å². The first kappa shape index (κ1) is 22.1. The molecule has 2 aromatic rings. The van der Waals surface area contributed by atoms with Crippen LogP contribution in [-0.2, 0) is 16.1 Å². The standard InChI is InChI=1S/C21H24Cl2N2O3/c1-3-11-24-21(27)15(2)25(13-16-7-5-4-6-8-16)20(26)14-28-19-10-9-17(22)12-18(19)23/h4-10,12,15H,3,11,13-14H2,1-2H3,(H,24,27). The first-order valence-electron chi connectivity index (χ1n) is 9.11. The molecule has 0 spiro atoms. The topological polar surface area (TPSA) is 58.6 Å². The third-order valence-electron chi connectivity index (χ3n) is 4.16. The minimum atomic E-state index is -0.636. The molecule has 2 aromatic carbocycles. The fourth-order valence-electron chi connectivity index (χ4n) is 2.57. The van der Waals surface area contributed by atoms with Crippen LogP contribution in [-0.4, -0.2) is 35.9 Å². The van der Waals surface area contributed by atoms with Gasteiger partial charge in [0.2, 0.25) is 5.91 Å². The summed E-state index contributed by atoms with van der Waals surface area (Å²) in [6, 6.07) is 13.7. The lowest BCUT2D eigenvalue weighted by Gasteiger charge is -2.28. The van der Waals surface area contributed by atoms with Crippen molar-refractivity contribution in [1.29, 1.82) is 0 Å². The van der Waals surface area contributed by atoms with E-state index in [1.54, 1.807) is 25.1 Å². The molecule has 28 heavy (non-hydrogen) atoms. The molecule has 0 aliphatic heterocycles. The van der Waals surface area contributed by atoms with E-state index >= 15 is 0 Å². The van der Waals surface area contributed by atoms with Crippen molar-refractivity contribution >= 4 is 35.0 Å². The largest absolute Gasteiger partial charge is 0.482 e. The van der Waals surface area contributed by atoms with E-state index < -0.39 is 6.04 Å². The summed E-state index contributed by atoms with van der Waals surface area (Å²) in [4.78, 5) is 26.8. The number of rotatable bonds is 9. The summed E-state index contributed by atoms with van der Waals surface area (Å²) in [5, 5.41) is 3.64. The van der Waals surface area contributed by atoms with Gasteiger partial charge in [0, 0.05) is 18.1 Å². The number of ether oxygens (including phenoxy) is 1. The van der Waals surface area contributed by atoms with Gasteiger partial charge in [0.25, 0.3) is 5.91 Å². The van der Waals surface area contributed by atoms with E-state index in [1.165, 1.54) is 4.90 Å². The lowest BCUT2D eigenvalue weighted by Crippen LogP contribution is -2.49. The fourth-order valence-corrected chi connectivity index (χ4v) is 3.04. The van der Waals surface area contributed by atoms with Gasteiger partial charge in [-0.3, -0.25) is 9.59 Å². The van der Waals surface area contributed by atoms with Crippen LogP contribution in [0.15, 0.2) is 48.5 Å². The van der Waals surface area contributed by atoms with E-state index in [0.29, 0.717) is 28.9 Å². The Kier molecular flexibility index (Phi) is 8.61. The highest BCUT2D eigenvalue weighted by Crippen LogP contribution is 2.27. The molecule has 0 heterocycles. The Bertz CT molecular complexity index is 799. The van der Waals surface area contributed by atoms with Crippen molar-refractivity contribution in [3.8, 4) is 5.75 Å². The Balaban J connectivity index is 2.12. The zero-order valence-corrected chi connectivity index (χ0v) is 17.5. The van der Waals surface area contributed by atoms with Crippen molar-refractivity contribution in [1.82, 2.24) is 10.2 Å². The first-order chi connectivity index (χ1) is 13.4. The summed E-state index contributed by atoms with van der Waals surface area (Å²) in [7, 11) is 0. The second-order valence-electron chi connectivity index (χ2n) is 6.34. The van der Waals surface area contributed by atoms with Gasteiger partial charge in [-0.1, -0.05) is 60.5 Å². The number of nitrogens with zero attached hydrogens (tertiary/aromatic N) is 1. The lowest BCUT2D eigenvalue weighted by atomic mass is 10.1. The molecule has 0 saturated carbocycles. The highest BCUT2D eigenvalue weighted by Gasteiger charge is 2.26. The molecular weight excluding hydrogens is 399 g/mol. The van der Waals surface area contributed by atoms with Crippen LogP contribution < -0.4 is 10.1 Å². The van der Waals surface area contributed by atoms with Gasteiger partial charge in [0.1, 0.15) is 11.8 Å². The number of hydrogen-bond acceptors (Lipinski definition) is 3. The second kappa shape index (κ2) is 10.9. The number of benzene rings is 2. The molecule has 2 rings (SSSR count). The average Bonchev–Trinajstić information content (AvgIpc) is 2.69. The molecular formula is C21H24Cl2N2O3. The molecule has 1 unspecified atom stereocenters. The van der Waals surface area contributed by atoms with Crippen LogP contribution in [0, 0.1) is 0 Å². The third-order valence-corrected chi connectivity index (χ3v) is 4.69. The van der Waals surface area contributed by atoms with Crippen molar-refractivity contribution in [3.05, 3.63) is 64.1 Å². The summed E-state index contributed by atoms with van der Waals surface area (Å²) in [6.45, 7) is 4.31. The van der Waals surface area contributed by atoms with Gasteiger partial charge in [-0.25, -0.2) is 0 Å². The molecule has 5 nitrogen and oxygen atoms in total. The van der Waals surface area contributed by atoms with E-state index in [0.717, 1.165) is 12.0 Å². The maximum Gasteiger partial charge on any atom is 0.261 e. The summed E-state index contributed by atoms with van der Waals surface area (Å²) in [5.41, 5.74) is 0.926. The van der Waals surface area contributed by atoms with Crippen LogP contribution in [0.4, 0.5) is 0 Å². The van der Waals surface area contributed by atoms with Crippen LogP contribution in [0.3, 0.4) is 0 Å². The van der Waals surface area contributed by atoms with Crippen LogP contribution in [0.1, 0.15) is 25.8 Å². The van der Waals surface area contributed by atoms with E-state index in [1.807, 2.05) is 37.3 Å². The summed E-state index contributed by atoms with van der Waals surface area (Å²) in [5.74, 6) is -0.146. The van der Waals surface area contributed by atoms with Crippen molar-refractivity contribution in [2.24, 2.45) is 0 Å².